The first-order valence-electron chi connectivity index (χ1n) is 6.04. The van der Waals surface area contributed by atoms with Crippen LogP contribution >= 0.6 is 0 Å². The summed E-state index contributed by atoms with van der Waals surface area (Å²) in [7, 11) is -1.62. The number of terminal acetylenes is 1. The molecule has 0 aliphatic rings. The fraction of sp³-hybridized carbons (Fsp3) is 0.846. The molecule has 0 bridgehead atoms. The number of hydrogen-bond acceptors (Lipinski definition) is 3. The van der Waals surface area contributed by atoms with Crippen LogP contribution in [0.1, 0.15) is 20.8 Å². The summed E-state index contributed by atoms with van der Waals surface area (Å²) in [6, 6.07) is 0. The SMILES string of the molecule is C#CCOCCOCCO[Si](C)(C)C(C)(C)C. The molecule has 0 aromatic rings. The van der Waals surface area contributed by atoms with Gasteiger partial charge in [-0.2, -0.15) is 0 Å². The molecule has 0 N–H and O–H groups in total. The Morgan fingerprint density at radius 2 is 1.53 bits per heavy atom. The van der Waals surface area contributed by atoms with Crippen LogP contribution in [0.15, 0.2) is 0 Å². The van der Waals surface area contributed by atoms with E-state index in [-0.39, 0.29) is 5.04 Å². The van der Waals surface area contributed by atoms with Crippen LogP contribution in [-0.4, -0.2) is 41.4 Å². The molecular weight excluding hydrogens is 232 g/mol. The van der Waals surface area contributed by atoms with E-state index in [0.29, 0.717) is 33.0 Å². The van der Waals surface area contributed by atoms with E-state index >= 15 is 0 Å². The second kappa shape index (κ2) is 7.88. The van der Waals surface area contributed by atoms with Gasteiger partial charge in [0, 0.05) is 0 Å². The third-order valence-electron chi connectivity index (χ3n) is 3.05. The van der Waals surface area contributed by atoms with Crippen LogP contribution in [0.4, 0.5) is 0 Å². The molecule has 17 heavy (non-hydrogen) atoms. The van der Waals surface area contributed by atoms with Gasteiger partial charge in [0.2, 0.25) is 0 Å². The van der Waals surface area contributed by atoms with Crippen molar-refractivity contribution < 1.29 is 13.9 Å². The van der Waals surface area contributed by atoms with Crippen molar-refractivity contribution in [3.05, 3.63) is 0 Å². The molecule has 3 nitrogen and oxygen atoms in total. The summed E-state index contributed by atoms with van der Waals surface area (Å²) in [6.45, 7) is 13.9. The van der Waals surface area contributed by atoms with E-state index in [4.69, 9.17) is 20.3 Å². The minimum absolute atomic E-state index is 0.253. The fourth-order valence-corrected chi connectivity index (χ4v) is 1.95. The van der Waals surface area contributed by atoms with Gasteiger partial charge in [-0.05, 0) is 18.1 Å². The number of hydrogen-bond donors (Lipinski definition) is 0. The summed E-state index contributed by atoms with van der Waals surface area (Å²) < 4.78 is 16.4. The summed E-state index contributed by atoms with van der Waals surface area (Å²) in [5.74, 6) is 2.41. The monoisotopic (exact) mass is 258 g/mol. The molecule has 0 radical (unpaired) electrons. The second-order valence-electron chi connectivity index (χ2n) is 5.48. The van der Waals surface area contributed by atoms with E-state index in [0.717, 1.165) is 0 Å². The maximum absolute atomic E-state index is 5.96. The molecule has 0 rings (SSSR count). The van der Waals surface area contributed by atoms with Gasteiger partial charge in [0.1, 0.15) is 6.61 Å². The van der Waals surface area contributed by atoms with Crippen molar-refractivity contribution in [1.29, 1.82) is 0 Å². The molecule has 100 valence electrons. The predicted octanol–water partition coefficient (Wildman–Crippen LogP) is 2.67. The highest BCUT2D eigenvalue weighted by Crippen LogP contribution is 2.36. The van der Waals surface area contributed by atoms with Gasteiger partial charge in [0.05, 0.1) is 26.4 Å². The molecule has 0 spiro atoms. The van der Waals surface area contributed by atoms with Gasteiger partial charge in [-0.3, -0.25) is 0 Å². The van der Waals surface area contributed by atoms with Gasteiger partial charge in [-0.1, -0.05) is 26.7 Å². The molecule has 0 aromatic carbocycles. The Kier molecular flexibility index (Phi) is 7.72. The average Bonchev–Trinajstić information content (AvgIpc) is 2.20. The Bertz CT molecular complexity index is 238. The summed E-state index contributed by atoms with van der Waals surface area (Å²) in [4.78, 5) is 0. The van der Waals surface area contributed by atoms with Gasteiger partial charge >= 0.3 is 0 Å². The number of ether oxygens (including phenoxy) is 2. The van der Waals surface area contributed by atoms with E-state index in [1.54, 1.807) is 0 Å². The Labute approximate surface area is 107 Å². The smallest absolute Gasteiger partial charge is 0.192 e. The molecule has 4 heteroatoms. The minimum atomic E-state index is -1.62. The Morgan fingerprint density at radius 1 is 1.00 bits per heavy atom. The van der Waals surface area contributed by atoms with Gasteiger partial charge in [0.15, 0.2) is 8.32 Å². The molecular formula is C13H26O3Si. The predicted molar refractivity (Wildman–Crippen MR) is 73.6 cm³/mol. The van der Waals surface area contributed by atoms with Crippen molar-refractivity contribution >= 4 is 8.32 Å². The highest BCUT2D eigenvalue weighted by molar-refractivity contribution is 6.74. The van der Waals surface area contributed by atoms with Gasteiger partial charge in [-0.25, -0.2) is 0 Å². The standard InChI is InChI=1S/C13H26O3Si/c1-7-8-14-9-10-15-11-12-16-17(5,6)13(2,3)4/h1H,8-12H2,2-6H3. The van der Waals surface area contributed by atoms with Crippen LogP contribution in [0.25, 0.3) is 0 Å². The average molecular weight is 258 g/mol. The van der Waals surface area contributed by atoms with Crippen LogP contribution in [0.3, 0.4) is 0 Å². The molecule has 0 aliphatic carbocycles. The first-order chi connectivity index (χ1) is 7.81. The van der Waals surface area contributed by atoms with Crippen molar-refractivity contribution in [3.8, 4) is 12.3 Å². The lowest BCUT2D eigenvalue weighted by molar-refractivity contribution is 0.0442. The van der Waals surface area contributed by atoms with Gasteiger partial charge in [-0.15, -0.1) is 6.42 Å². The summed E-state index contributed by atoms with van der Waals surface area (Å²) >= 11 is 0. The molecule has 0 fully saturated rings. The largest absolute Gasteiger partial charge is 0.414 e. The van der Waals surface area contributed by atoms with Crippen LogP contribution in [0.5, 0.6) is 0 Å². The fourth-order valence-electron chi connectivity index (χ4n) is 0.923. The molecule has 0 saturated heterocycles. The van der Waals surface area contributed by atoms with Gasteiger partial charge in [0.25, 0.3) is 0 Å². The third-order valence-corrected chi connectivity index (χ3v) is 7.59. The summed E-state index contributed by atoms with van der Waals surface area (Å²) in [5.41, 5.74) is 0. The van der Waals surface area contributed by atoms with Crippen LogP contribution < -0.4 is 0 Å². The molecule has 0 amide bonds. The van der Waals surface area contributed by atoms with E-state index in [1.807, 2.05) is 0 Å². The summed E-state index contributed by atoms with van der Waals surface area (Å²) in [6.07, 6.45) is 5.05. The number of rotatable bonds is 8. The normalized spacial score (nSPS) is 12.5. The highest BCUT2D eigenvalue weighted by atomic mass is 28.4. The highest BCUT2D eigenvalue weighted by Gasteiger charge is 2.36. The lowest BCUT2D eigenvalue weighted by atomic mass is 10.2. The Hall–Kier alpha value is -0.343. The minimum Gasteiger partial charge on any atom is -0.414 e. The van der Waals surface area contributed by atoms with Gasteiger partial charge < -0.3 is 13.9 Å². The first kappa shape index (κ1) is 16.7. The molecule has 0 aromatic heterocycles. The molecule has 0 aliphatic heterocycles. The Morgan fingerprint density at radius 3 is 2.06 bits per heavy atom. The quantitative estimate of drug-likeness (QED) is 0.380. The summed E-state index contributed by atoms with van der Waals surface area (Å²) in [5, 5.41) is 0.253. The topological polar surface area (TPSA) is 27.7 Å². The van der Waals surface area contributed by atoms with E-state index in [2.05, 4.69) is 39.8 Å². The zero-order valence-corrected chi connectivity index (χ0v) is 12.8. The maximum Gasteiger partial charge on any atom is 0.192 e. The third kappa shape index (κ3) is 7.56. The molecule has 0 saturated carbocycles. The second-order valence-corrected chi connectivity index (χ2v) is 10.3. The van der Waals surface area contributed by atoms with Crippen LogP contribution in [-0.2, 0) is 13.9 Å². The van der Waals surface area contributed by atoms with Crippen LogP contribution in [0.2, 0.25) is 18.1 Å². The van der Waals surface area contributed by atoms with Crippen LogP contribution in [0, 0.1) is 12.3 Å². The lowest BCUT2D eigenvalue weighted by Crippen LogP contribution is -2.41. The van der Waals surface area contributed by atoms with Crippen molar-refractivity contribution in [2.75, 3.05) is 33.0 Å². The van der Waals surface area contributed by atoms with Crippen molar-refractivity contribution in [2.24, 2.45) is 0 Å². The lowest BCUT2D eigenvalue weighted by Gasteiger charge is -2.36. The zero-order chi connectivity index (χ0) is 13.4. The molecule has 0 atom stereocenters. The van der Waals surface area contributed by atoms with E-state index in [1.165, 1.54) is 0 Å². The van der Waals surface area contributed by atoms with Crippen molar-refractivity contribution in [2.45, 2.75) is 38.9 Å². The molecule has 0 unspecified atom stereocenters. The van der Waals surface area contributed by atoms with E-state index < -0.39 is 8.32 Å². The Balaban J connectivity index is 3.49. The van der Waals surface area contributed by atoms with Crippen molar-refractivity contribution in [1.82, 2.24) is 0 Å². The molecule has 0 heterocycles. The van der Waals surface area contributed by atoms with E-state index in [9.17, 15) is 0 Å². The van der Waals surface area contributed by atoms with Crippen molar-refractivity contribution in [3.63, 3.8) is 0 Å². The zero-order valence-electron chi connectivity index (χ0n) is 11.8. The maximum atomic E-state index is 5.96. The first-order valence-corrected chi connectivity index (χ1v) is 8.95.